The van der Waals surface area contributed by atoms with Crippen LogP contribution in [0.25, 0.3) is 0 Å². The average molecular weight is 339 g/mol. The van der Waals surface area contributed by atoms with Crippen molar-refractivity contribution in [1.82, 2.24) is 0 Å². The van der Waals surface area contributed by atoms with Gasteiger partial charge in [0.15, 0.2) is 0 Å². The highest BCUT2D eigenvalue weighted by Gasteiger charge is 2.35. The van der Waals surface area contributed by atoms with Crippen LogP contribution < -0.4 is 0 Å². The number of benzene rings is 1. The average Bonchev–Trinajstić information content (AvgIpc) is 2.34. The molecule has 1 atom stereocenters. The number of alkyl halides is 3. The molecule has 7 heteroatoms. The molecule has 0 spiro atoms. The SMILES string of the molecule is CCc1c(C(=O)O)ccc(C(F)(F)Cl)c1[S@](=O)CC(C)C. The van der Waals surface area contributed by atoms with E-state index in [1.807, 2.05) is 13.8 Å². The molecule has 3 nitrogen and oxygen atoms in total. The molecule has 0 amide bonds. The van der Waals surface area contributed by atoms with Crippen molar-refractivity contribution in [3.63, 3.8) is 0 Å². The maximum atomic E-state index is 13.5. The van der Waals surface area contributed by atoms with Gasteiger partial charge in [-0.2, -0.15) is 8.78 Å². The largest absolute Gasteiger partial charge is 0.478 e. The van der Waals surface area contributed by atoms with Crippen LogP contribution in [0.1, 0.15) is 42.3 Å². The Kier molecular flexibility index (Phi) is 5.87. The van der Waals surface area contributed by atoms with E-state index >= 15 is 0 Å². The lowest BCUT2D eigenvalue weighted by Gasteiger charge is -2.19. The van der Waals surface area contributed by atoms with Crippen LogP contribution >= 0.6 is 11.6 Å². The number of halogens is 3. The van der Waals surface area contributed by atoms with Crippen molar-refractivity contribution in [2.75, 3.05) is 5.75 Å². The molecule has 118 valence electrons. The molecule has 0 saturated heterocycles. The molecule has 1 aromatic rings. The number of rotatable bonds is 6. The van der Waals surface area contributed by atoms with Crippen molar-refractivity contribution in [3.05, 3.63) is 28.8 Å². The van der Waals surface area contributed by atoms with E-state index in [1.54, 1.807) is 6.92 Å². The Balaban J connectivity index is 3.62. The summed E-state index contributed by atoms with van der Waals surface area (Å²) in [6.07, 6.45) is 0.182. The Hall–Kier alpha value is -1.01. The van der Waals surface area contributed by atoms with E-state index in [9.17, 15) is 17.8 Å². The molecule has 0 aliphatic heterocycles. The molecule has 0 heterocycles. The lowest BCUT2D eigenvalue weighted by molar-refractivity contribution is 0.0692. The van der Waals surface area contributed by atoms with Crippen LogP contribution in [0.4, 0.5) is 8.78 Å². The zero-order valence-electron chi connectivity index (χ0n) is 12.0. The summed E-state index contributed by atoms with van der Waals surface area (Å²) >= 11 is 5.09. The summed E-state index contributed by atoms with van der Waals surface area (Å²) in [5.74, 6) is -1.06. The van der Waals surface area contributed by atoms with Crippen molar-refractivity contribution >= 4 is 28.4 Å². The lowest BCUT2D eigenvalue weighted by Crippen LogP contribution is -2.17. The van der Waals surface area contributed by atoms with Crippen molar-refractivity contribution in [3.8, 4) is 0 Å². The number of aromatic carboxylic acids is 1. The maximum Gasteiger partial charge on any atom is 0.349 e. The van der Waals surface area contributed by atoms with Gasteiger partial charge in [0, 0.05) is 5.75 Å². The minimum absolute atomic E-state index is 0.0146. The molecule has 0 unspecified atom stereocenters. The number of hydrogen-bond acceptors (Lipinski definition) is 2. The summed E-state index contributed by atoms with van der Waals surface area (Å²) in [5, 5.41) is 5.47. The first-order valence-corrected chi connectivity index (χ1v) is 8.14. The van der Waals surface area contributed by atoms with Gasteiger partial charge in [-0.3, -0.25) is 4.21 Å². The van der Waals surface area contributed by atoms with Crippen LogP contribution in [-0.4, -0.2) is 21.0 Å². The van der Waals surface area contributed by atoms with Crippen LogP contribution in [0.3, 0.4) is 0 Å². The predicted octanol–water partition coefficient (Wildman–Crippen LogP) is 4.00. The first-order valence-electron chi connectivity index (χ1n) is 6.44. The maximum absolute atomic E-state index is 13.5. The zero-order chi connectivity index (χ0) is 16.4. The molecule has 1 N–H and O–H groups in total. The smallest absolute Gasteiger partial charge is 0.349 e. The van der Waals surface area contributed by atoms with Crippen LogP contribution in [-0.2, 0) is 22.6 Å². The first kappa shape index (κ1) is 18.0. The second kappa shape index (κ2) is 6.83. The van der Waals surface area contributed by atoms with Gasteiger partial charge in [0.1, 0.15) is 0 Å². The van der Waals surface area contributed by atoms with Crippen molar-refractivity contribution < 1.29 is 22.9 Å². The van der Waals surface area contributed by atoms with Gasteiger partial charge in [-0.15, -0.1) is 0 Å². The molecule has 0 aromatic heterocycles. The molecule has 0 fully saturated rings. The summed E-state index contributed by atoms with van der Waals surface area (Å²) in [6.45, 7) is 5.25. The zero-order valence-corrected chi connectivity index (χ0v) is 13.5. The second-order valence-corrected chi connectivity index (χ2v) is 6.94. The summed E-state index contributed by atoms with van der Waals surface area (Å²) in [4.78, 5) is 11.1. The molecule has 0 aliphatic carbocycles. The number of hydrogen-bond donors (Lipinski definition) is 1. The van der Waals surface area contributed by atoms with Crippen LogP contribution in [0.15, 0.2) is 17.0 Å². The predicted molar refractivity (Wildman–Crippen MR) is 78.6 cm³/mol. The van der Waals surface area contributed by atoms with Gasteiger partial charge in [0.05, 0.1) is 26.8 Å². The molecule has 0 saturated carbocycles. The highest BCUT2D eigenvalue weighted by molar-refractivity contribution is 7.85. The van der Waals surface area contributed by atoms with E-state index in [0.29, 0.717) is 0 Å². The molecule has 1 aromatic carbocycles. The van der Waals surface area contributed by atoms with E-state index in [2.05, 4.69) is 0 Å². The lowest BCUT2D eigenvalue weighted by atomic mass is 10.0. The Morgan fingerprint density at radius 2 is 2.00 bits per heavy atom. The normalized spacial score (nSPS) is 13.5. The molecule has 0 aliphatic rings. The highest BCUT2D eigenvalue weighted by Crippen LogP contribution is 2.39. The van der Waals surface area contributed by atoms with Gasteiger partial charge in [-0.05, 0) is 41.6 Å². The fourth-order valence-corrected chi connectivity index (χ4v) is 4.00. The van der Waals surface area contributed by atoms with Gasteiger partial charge in [-0.1, -0.05) is 20.8 Å². The molecule has 0 bridgehead atoms. The van der Waals surface area contributed by atoms with Crippen LogP contribution in [0, 0.1) is 5.92 Å². The van der Waals surface area contributed by atoms with E-state index in [0.717, 1.165) is 12.1 Å². The van der Waals surface area contributed by atoms with Crippen LogP contribution in [0.2, 0.25) is 0 Å². The minimum Gasteiger partial charge on any atom is -0.478 e. The van der Waals surface area contributed by atoms with Crippen LogP contribution in [0.5, 0.6) is 0 Å². The Bertz CT molecular complexity index is 568. The summed E-state index contributed by atoms with van der Waals surface area (Å²) in [7, 11) is -1.74. The quantitative estimate of drug-likeness (QED) is 0.798. The molecule has 1 rings (SSSR count). The van der Waals surface area contributed by atoms with Crippen molar-refractivity contribution in [2.24, 2.45) is 5.92 Å². The molecular formula is C14H17ClF2O3S. The second-order valence-electron chi connectivity index (χ2n) is 5.03. The Morgan fingerprint density at radius 3 is 2.38 bits per heavy atom. The Labute approximate surface area is 129 Å². The third kappa shape index (κ3) is 4.23. The van der Waals surface area contributed by atoms with E-state index in [1.165, 1.54) is 0 Å². The Morgan fingerprint density at radius 1 is 1.43 bits per heavy atom. The summed E-state index contributed by atoms with van der Waals surface area (Å²) < 4.78 is 39.5. The van der Waals surface area contributed by atoms with Gasteiger partial charge in [0.2, 0.25) is 0 Å². The molecule has 21 heavy (non-hydrogen) atoms. The standard InChI is InChI=1S/C14H17ClF2O3S/c1-4-9-10(13(18)19)5-6-11(14(15,16)17)12(9)21(20)7-8(2)3/h5-6,8H,4,7H2,1-3H3,(H,18,19)/t21-/m1/s1. The third-order valence-corrected chi connectivity index (χ3v) is 4.96. The minimum atomic E-state index is -3.69. The fraction of sp³-hybridized carbons (Fsp3) is 0.500. The van der Waals surface area contributed by atoms with E-state index in [4.69, 9.17) is 16.7 Å². The van der Waals surface area contributed by atoms with Gasteiger partial charge in [0.25, 0.3) is 0 Å². The van der Waals surface area contributed by atoms with Gasteiger partial charge < -0.3 is 5.11 Å². The molecule has 0 radical (unpaired) electrons. The topological polar surface area (TPSA) is 54.4 Å². The van der Waals surface area contributed by atoms with Crippen molar-refractivity contribution in [1.29, 1.82) is 0 Å². The fourth-order valence-electron chi connectivity index (χ4n) is 2.05. The highest BCUT2D eigenvalue weighted by atomic mass is 35.5. The monoisotopic (exact) mass is 338 g/mol. The number of carboxylic acids is 1. The van der Waals surface area contributed by atoms with E-state index < -0.39 is 27.7 Å². The summed E-state index contributed by atoms with van der Waals surface area (Å²) in [5.41, 5.74) is -0.543. The van der Waals surface area contributed by atoms with E-state index in [-0.39, 0.29) is 34.1 Å². The van der Waals surface area contributed by atoms with Gasteiger partial charge >= 0.3 is 11.4 Å². The molecular weight excluding hydrogens is 322 g/mol. The summed E-state index contributed by atoms with van der Waals surface area (Å²) in [6, 6.07) is 2.03. The van der Waals surface area contributed by atoms with Gasteiger partial charge in [-0.25, -0.2) is 4.79 Å². The third-order valence-electron chi connectivity index (χ3n) is 2.86. The number of carbonyl (C=O) groups is 1. The first-order chi connectivity index (χ1) is 9.59. The van der Waals surface area contributed by atoms with Crippen molar-refractivity contribution in [2.45, 2.75) is 37.5 Å². The number of carboxylic acid groups (broad SMARTS) is 1.